The van der Waals surface area contributed by atoms with Crippen molar-refractivity contribution >= 4 is 5.69 Å². The fourth-order valence-electron chi connectivity index (χ4n) is 2.29. The van der Waals surface area contributed by atoms with Crippen LogP contribution >= 0.6 is 0 Å². The van der Waals surface area contributed by atoms with Crippen LogP contribution in [0.2, 0.25) is 0 Å². The lowest BCUT2D eigenvalue weighted by Gasteiger charge is -2.33. The topological polar surface area (TPSA) is 21.3 Å². The lowest BCUT2D eigenvalue weighted by molar-refractivity contribution is 0.177. The molecule has 0 spiro atoms. The maximum Gasteiger partial charge on any atom is 0.144 e. The fourth-order valence-corrected chi connectivity index (χ4v) is 2.29. The summed E-state index contributed by atoms with van der Waals surface area (Å²) in [4.78, 5) is 0. The van der Waals surface area contributed by atoms with Crippen LogP contribution in [-0.4, -0.2) is 6.04 Å². The van der Waals surface area contributed by atoms with Crippen LogP contribution in [0.5, 0.6) is 5.75 Å². The average Bonchev–Trinajstić information content (AvgIpc) is 2.39. The Morgan fingerprint density at radius 3 is 2.42 bits per heavy atom. The average molecular weight is 261 g/mol. The Bertz CT molecular complexity index is 598. The van der Waals surface area contributed by atoms with Crippen LogP contribution in [-0.2, 0) is 0 Å². The molecule has 98 valence electrons. The molecule has 0 amide bonds. The highest BCUT2D eigenvalue weighted by atomic mass is 19.1. The van der Waals surface area contributed by atoms with Gasteiger partial charge in [-0.05, 0) is 36.8 Å². The Morgan fingerprint density at radius 2 is 1.68 bits per heavy atom. The van der Waals surface area contributed by atoms with Gasteiger partial charge in [-0.25, -0.2) is 8.78 Å². The van der Waals surface area contributed by atoms with Crippen LogP contribution in [0, 0.1) is 11.6 Å². The summed E-state index contributed by atoms with van der Waals surface area (Å²) in [5.41, 5.74) is 1.53. The van der Waals surface area contributed by atoms with Gasteiger partial charge in [-0.3, -0.25) is 0 Å². The maximum atomic E-state index is 13.1. The van der Waals surface area contributed by atoms with Crippen LogP contribution < -0.4 is 10.1 Å². The van der Waals surface area contributed by atoms with Crippen molar-refractivity contribution in [2.24, 2.45) is 0 Å². The molecule has 4 heteroatoms. The number of hydrogen-bond acceptors (Lipinski definition) is 2. The van der Waals surface area contributed by atoms with Crippen LogP contribution in [0.3, 0.4) is 0 Å². The van der Waals surface area contributed by atoms with Gasteiger partial charge in [0, 0.05) is 6.07 Å². The first-order valence-corrected chi connectivity index (χ1v) is 6.12. The van der Waals surface area contributed by atoms with E-state index in [9.17, 15) is 8.78 Å². The molecule has 1 N–H and O–H groups in total. The number of halogens is 2. The van der Waals surface area contributed by atoms with Crippen molar-refractivity contribution in [1.82, 2.24) is 0 Å². The number of rotatable bonds is 1. The van der Waals surface area contributed by atoms with Gasteiger partial charge in [-0.2, -0.15) is 0 Å². The Kier molecular flexibility index (Phi) is 2.85. The van der Waals surface area contributed by atoms with Crippen LogP contribution in [0.1, 0.15) is 18.6 Å². The van der Waals surface area contributed by atoms with Gasteiger partial charge < -0.3 is 10.1 Å². The van der Waals surface area contributed by atoms with Gasteiger partial charge in [0.2, 0.25) is 0 Å². The molecule has 0 radical (unpaired) electrons. The first-order valence-electron chi connectivity index (χ1n) is 6.12. The predicted octanol–water partition coefficient (Wildman–Crippen LogP) is 3.90. The SMILES string of the molecule is CC1Nc2cc(F)ccc2OC1c1ccc(F)cc1. The van der Waals surface area contributed by atoms with Crippen molar-refractivity contribution in [2.75, 3.05) is 5.32 Å². The molecule has 0 bridgehead atoms. The molecule has 1 aliphatic heterocycles. The van der Waals surface area contributed by atoms with Crippen molar-refractivity contribution in [1.29, 1.82) is 0 Å². The van der Waals surface area contributed by atoms with Crippen LogP contribution in [0.15, 0.2) is 42.5 Å². The quantitative estimate of drug-likeness (QED) is 0.840. The van der Waals surface area contributed by atoms with Gasteiger partial charge in [0.1, 0.15) is 23.5 Å². The molecule has 2 atom stereocenters. The van der Waals surface area contributed by atoms with E-state index in [2.05, 4.69) is 5.32 Å². The Hall–Kier alpha value is -2.10. The molecule has 19 heavy (non-hydrogen) atoms. The van der Waals surface area contributed by atoms with Crippen molar-refractivity contribution in [3.05, 3.63) is 59.7 Å². The molecular weight excluding hydrogens is 248 g/mol. The van der Waals surface area contributed by atoms with Crippen molar-refractivity contribution < 1.29 is 13.5 Å². The predicted molar refractivity (Wildman–Crippen MR) is 69.3 cm³/mol. The van der Waals surface area contributed by atoms with Gasteiger partial charge in [0.15, 0.2) is 0 Å². The smallest absolute Gasteiger partial charge is 0.144 e. The second-order valence-electron chi connectivity index (χ2n) is 4.66. The van der Waals surface area contributed by atoms with E-state index in [-0.39, 0.29) is 23.8 Å². The lowest BCUT2D eigenvalue weighted by Crippen LogP contribution is -2.32. The highest BCUT2D eigenvalue weighted by Crippen LogP contribution is 2.37. The monoisotopic (exact) mass is 261 g/mol. The minimum absolute atomic E-state index is 0.0280. The first-order chi connectivity index (χ1) is 9.13. The third kappa shape index (κ3) is 2.26. The van der Waals surface area contributed by atoms with Crippen LogP contribution in [0.25, 0.3) is 0 Å². The molecule has 0 aliphatic carbocycles. The van der Waals surface area contributed by atoms with Crippen LogP contribution in [0.4, 0.5) is 14.5 Å². The molecule has 0 saturated carbocycles. The van der Waals surface area contributed by atoms with Crippen molar-refractivity contribution in [3.8, 4) is 5.75 Å². The third-order valence-corrected chi connectivity index (χ3v) is 3.23. The molecule has 0 saturated heterocycles. The summed E-state index contributed by atoms with van der Waals surface area (Å²) in [5, 5.41) is 3.21. The van der Waals surface area contributed by atoms with Crippen molar-refractivity contribution in [2.45, 2.75) is 19.1 Å². The van der Waals surface area contributed by atoms with E-state index in [0.29, 0.717) is 11.4 Å². The summed E-state index contributed by atoms with van der Waals surface area (Å²) in [6, 6.07) is 10.6. The summed E-state index contributed by atoms with van der Waals surface area (Å²) in [7, 11) is 0. The van der Waals surface area contributed by atoms with E-state index >= 15 is 0 Å². The Balaban J connectivity index is 1.93. The Morgan fingerprint density at radius 1 is 1.00 bits per heavy atom. The minimum atomic E-state index is -0.303. The molecule has 2 aromatic carbocycles. The van der Waals surface area contributed by atoms with E-state index in [0.717, 1.165) is 5.56 Å². The van der Waals surface area contributed by atoms with E-state index in [4.69, 9.17) is 4.74 Å². The molecule has 1 heterocycles. The second kappa shape index (κ2) is 4.53. The van der Waals surface area contributed by atoms with E-state index in [1.165, 1.54) is 24.3 Å². The molecule has 2 aromatic rings. The minimum Gasteiger partial charge on any atom is -0.481 e. The number of hydrogen-bond donors (Lipinski definition) is 1. The van der Waals surface area contributed by atoms with Gasteiger partial charge in [-0.15, -0.1) is 0 Å². The van der Waals surface area contributed by atoms with E-state index in [1.807, 2.05) is 6.92 Å². The van der Waals surface area contributed by atoms with Gasteiger partial charge in [-0.1, -0.05) is 12.1 Å². The number of anilines is 1. The summed E-state index contributed by atoms with van der Waals surface area (Å²) < 4.78 is 32.0. The first kappa shape index (κ1) is 12.0. The number of fused-ring (bicyclic) bond motifs is 1. The standard InChI is InChI=1S/C15H13F2NO/c1-9-15(10-2-4-11(16)5-3-10)19-14-7-6-12(17)8-13(14)18-9/h2-9,15,18H,1H3. The molecule has 2 unspecified atom stereocenters. The van der Waals surface area contributed by atoms with Gasteiger partial charge >= 0.3 is 0 Å². The zero-order valence-electron chi connectivity index (χ0n) is 10.4. The second-order valence-corrected chi connectivity index (χ2v) is 4.66. The fraction of sp³-hybridized carbons (Fsp3) is 0.200. The number of ether oxygens (including phenoxy) is 1. The largest absolute Gasteiger partial charge is 0.481 e. The highest BCUT2D eigenvalue weighted by molar-refractivity contribution is 5.59. The molecule has 1 aliphatic rings. The highest BCUT2D eigenvalue weighted by Gasteiger charge is 2.27. The molecule has 2 nitrogen and oxygen atoms in total. The number of nitrogens with one attached hydrogen (secondary N) is 1. The zero-order valence-corrected chi connectivity index (χ0v) is 10.4. The summed E-state index contributed by atoms with van der Waals surface area (Å²) in [6.07, 6.45) is -0.224. The summed E-state index contributed by atoms with van der Waals surface area (Å²) in [5.74, 6) is 0.0266. The Labute approximate surface area is 110 Å². The van der Waals surface area contributed by atoms with Gasteiger partial charge in [0.25, 0.3) is 0 Å². The molecule has 3 rings (SSSR count). The zero-order chi connectivity index (χ0) is 13.4. The summed E-state index contributed by atoms with van der Waals surface area (Å²) in [6.45, 7) is 1.95. The van der Waals surface area contributed by atoms with E-state index < -0.39 is 0 Å². The lowest BCUT2D eigenvalue weighted by atomic mass is 10.0. The van der Waals surface area contributed by atoms with Crippen molar-refractivity contribution in [3.63, 3.8) is 0 Å². The number of benzene rings is 2. The summed E-state index contributed by atoms with van der Waals surface area (Å²) >= 11 is 0. The van der Waals surface area contributed by atoms with Gasteiger partial charge in [0.05, 0.1) is 11.7 Å². The normalized spacial score (nSPS) is 21.2. The van der Waals surface area contributed by atoms with E-state index in [1.54, 1.807) is 18.2 Å². The maximum absolute atomic E-state index is 13.1. The molecular formula is C15H13F2NO. The molecule has 0 aromatic heterocycles. The molecule has 0 fully saturated rings. The third-order valence-electron chi connectivity index (χ3n) is 3.23.